The van der Waals surface area contributed by atoms with Gasteiger partial charge in [-0.25, -0.2) is 4.68 Å². The Kier molecular flexibility index (Phi) is 3.23. The maximum atomic E-state index is 6.01. The molecule has 0 saturated carbocycles. The molecule has 0 atom stereocenters. The van der Waals surface area contributed by atoms with Gasteiger partial charge in [0.25, 0.3) is 0 Å². The van der Waals surface area contributed by atoms with Gasteiger partial charge in [0.05, 0.1) is 17.4 Å². The van der Waals surface area contributed by atoms with E-state index in [2.05, 4.69) is 10.1 Å². The lowest BCUT2D eigenvalue weighted by atomic mass is 10.3. The summed E-state index contributed by atoms with van der Waals surface area (Å²) in [5.41, 5.74) is 8.19. The molecule has 0 radical (unpaired) electrons. The molecule has 0 fully saturated rings. The Balaban J connectivity index is 2.43. The van der Waals surface area contributed by atoms with Crippen LogP contribution in [-0.2, 0) is 0 Å². The minimum Gasteiger partial charge on any atom is -0.435 e. The van der Waals surface area contributed by atoms with Crippen LogP contribution in [0.4, 0.5) is 5.69 Å². The van der Waals surface area contributed by atoms with E-state index in [0.717, 1.165) is 11.4 Å². The van der Waals surface area contributed by atoms with Crippen molar-refractivity contribution in [1.82, 2.24) is 14.8 Å². The summed E-state index contributed by atoms with van der Waals surface area (Å²) >= 11 is 0. The van der Waals surface area contributed by atoms with Gasteiger partial charge < -0.3 is 10.5 Å². The first-order valence-electron chi connectivity index (χ1n) is 5.94. The van der Waals surface area contributed by atoms with Crippen LogP contribution in [0.1, 0.15) is 31.3 Å². The van der Waals surface area contributed by atoms with E-state index in [1.165, 1.54) is 0 Å². The molecule has 2 aromatic heterocycles. The van der Waals surface area contributed by atoms with Gasteiger partial charge in [-0.3, -0.25) is 4.98 Å². The van der Waals surface area contributed by atoms with Crippen LogP contribution in [0, 0.1) is 13.8 Å². The Hall–Kier alpha value is -2.04. The first kappa shape index (κ1) is 12.4. The fraction of sp³-hybridized carbons (Fsp3) is 0.385. The number of ether oxygens (including phenoxy) is 1. The van der Waals surface area contributed by atoms with Crippen LogP contribution in [0.2, 0.25) is 0 Å². The Bertz CT molecular complexity index is 560. The van der Waals surface area contributed by atoms with Crippen molar-refractivity contribution >= 4 is 5.69 Å². The molecule has 2 aromatic rings. The van der Waals surface area contributed by atoms with E-state index in [4.69, 9.17) is 10.5 Å². The highest BCUT2D eigenvalue weighted by atomic mass is 16.5. The first-order valence-corrected chi connectivity index (χ1v) is 5.94. The highest BCUT2D eigenvalue weighted by Crippen LogP contribution is 2.32. The summed E-state index contributed by atoms with van der Waals surface area (Å²) in [7, 11) is 0. The fourth-order valence-electron chi connectivity index (χ4n) is 1.67. The van der Waals surface area contributed by atoms with E-state index in [-0.39, 0.29) is 6.04 Å². The van der Waals surface area contributed by atoms with Crippen molar-refractivity contribution in [1.29, 1.82) is 0 Å². The van der Waals surface area contributed by atoms with Gasteiger partial charge in [-0.05, 0) is 39.8 Å². The van der Waals surface area contributed by atoms with Crippen LogP contribution < -0.4 is 10.5 Å². The predicted molar refractivity (Wildman–Crippen MR) is 70.8 cm³/mol. The van der Waals surface area contributed by atoms with E-state index in [1.807, 2.05) is 39.8 Å². The lowest BCUT2D eigenvalue weighted by molar-refractivity contribution is 0.386. The van der Waals surface area contributed by atoms with Crippen LogP contribution in [0.25, 0.3) is 0 Å². The van der Waals surface area contributed by atoms with Gasteiger partial charge in [-0.15, -0.1) is 0 Å². The molecule has 0 aliphatic carbocycles. The monoisotopic (exact) mass is 246 g/mol. The number of pyridine rings is 1. The third-order valence-corrected chi connectivity index (χ3v) is 2.74. The van der Waals surface area contributed by atoms with Crippen molar-refractivity contribution in [3.05, 3.63) is 29.7 Å². The lowest BCUT2D eigenvalue weighted by Gasteiger charge is -2.13. The number of nitrogen functional groups attached to an aromatic ring is 1. The maximum Gasteiger partial charge on any atom is 0.241 e. The SMILES string of the molecule is Cc1ncccc1Oc1c(N)c(C)nn1C(C)C. The molecule has 5 nitrogen and oxygen atoms in total. The molecule has 5 heteroatoms. The van der Waals surface area contributed by atoms with Gasteiger partial charge in [0, 0.05) is 6.20 Å². The third kappa shape index (κ3) is 2.16. The van der Waals surface area contributed by atoms with E-state index < -0.39 is 0 Å². The largest absolute Gasteiger partial charge is 0.435 e. The van der Waals surface area contributed by atoms with Gasteiger partial charge in [0.2, 0.25) is 5.88 Å². The normalized spacial score (nSPS) is 10.9. The zero-order chi connectivity index (χ0) is 13.3. The Labute approximate surface area is 107 Å². The molecule has 2 heterocycles. The summed E-state index contributed by atoms with van der Waals surface area (Å²) in [6, 6.07) is 3.89. The average molecular weight is 246 g/mol. The van der Waals surface area contributed by atoms with Gasteiger partial charge in [0.1, 0.15) is 5.69 Å². The molecule has 0 aliphatic heterocycles. The van der Waals surface area contributed by atoms with Crippen LogP contribution in [0.15, 0.2) is 18.3 Å². The summed E-state index contributed by atoms with van der Waals surface area (Å²) < 4.78 is 7.65. The van der Waals surface area contributed by atoms with Crippen LogP contribution >= 0.6 is 0 Å². The molecule has 96 valence electrons. The van der Waals surface area contributed by atoms with Crippen LogP contribution in [0.5, 0.6) is 11.6 Å². The van der Waals surface area contributed by atoms with E-state index in [0.29, 0.717) is 17.3 Å². The molecule has 0 bridgehead atoms. The van der Waals surface area contributed by atoms with Crippen molar-refractivity contribution in [3.8, 4) is 11.6 Å². The second kappa shape index (κ2) is 4.68. The molecule has 0 amide bonds. The second-order valence-corrected chi connectivity index (χ2v) is 4.53. The summed E-state index contributed by atoms with van der Waals surface area (Å²) in [6.07, 6.45) is 1.73. The number of nitrogens with zero attached hydrogens (tertiary/aromatic N) is 3. The number of rotatable bonds is 3. The number of anilines is 1. The van der Waals surface area contributed by atoms with Crippen molar-refractivity contribution in [2.24, 2.45) is 0 Å². The van der Waals surface area contributed by atoms with Gasteiger partial charge in [-0.2, -0.15) is 5.10 Å². The van der Waals surface area contributed by atoms with Crippen molar-refractivity contribution < 1.29 is 4.74 Å². The van der Waals surface area contributed by atoms with Gasteiger partial charge in [0.15, 0.2) is 5.75 Å². The summed E-state index contributed by atoms with van der Waals surface area (Å²) in [4.78, 5) is 4.19. The molecular formula is C13H18N4O. The molecule has 2 rings (SSSR count). The van der Waals surface area contributed by atoms with Crippen LogP contribution in [0.3, 0.4) is 0 Å². The number of nitrogens with two attached hydrogens (primary N) is 1. The summed E-state index contributed by atoms with van der Waals surface area (Å²) in [6.45, 7) is 7.84. The molecule has 0 unspecified atom stereocenters. The van der Waals surface area contributed by atoms with E-state index >= 15 is 0 Å². The van der Waals surface area contributed by atoms with Crippen LogP contribution in [-0.4, -0.2) is 14.8 Å². The predicted octanol–water partition coefficient (Wildman–Crippen LogP) is 2.85. The first-order chi connectivity index (χ1) is 8.50. The molecule has 0 aliphatic rings. The number of hydrogen-bond donors (Lipinski definition) is 1. The zero-order valence-electron chi connectivity index (χ0n) is 11.1. The minimum atomic E-state index is 0.188. The Morgan fingerprint density at radius 1 is 1.28 bits per heavy atom. The van der Waals surface area contributed by atoms with E-state index in [1.54, 1.807) is 10.9 Å². The Morgan fingerprint density at radius 3 is 2.61 bits per heavy atom. The second-order valence-electron chi connectivity index (χ2n) is 4.53. The highest BCUT2D eigenvalue weighted by Gasteiger charge is 2.17. The van der Waals surface area contributed by atoms with Gasteiger partial charge >= 0.3 is 0 Å². The fourth-order valence-corrected chi connectivity index (χ4v) is 1.67. The molecule has 2 N–H and O–H groups in total. The molecule has 0 spiro atoms. The average Bonchev–Trinajstić information content (AvgIpc) is 2.60. The van der Waals surface area contributed by atoms with Crippen molar-refractivity contribution in [2.45, 2.75) is 33.7 Å². The Morgan fingerprint density at radius 2 is 2.00 bits per heavy atom. The minimum absolute atomic E-state index is 0.188. The van der Waals surface area contributed by atoms with E-state index in [9.17, 15) is 0 Å². The quantitative estimate of drug-likeness (QED) is 0.904. The standard InChI is InChI=1S/C13H18N4O/c1-8(2)17-13(12(14)10(4)16-17)18-11-6-5-7-15-9(11)3/h5-8H,14H2,1-4H3. The summed E-state index contributed by atoms with van der Waals surface area (Å²) in [5, 5.41) is 4.38. The molecule has 0 saturated heterocycles. The summed E-state index contributed by atoms with van der Waals surface area (Å²) in [5.74, 6) is 1.28. The van der Waals surface area contributed by atoms with Crippen molar-refractivity contribution in [2.75, 3.05) is 5.73 Å². The molecule has 18 heavy (non-hydrogen) atoms. The number of aryl methyl sites for hydroxylation is 2. The molecular weight excluding hydrogens is 228 g/mol. The van der Waals surface area contributed by atoms with Gasteiger partial charge in [-0.1, -0.05) is 0 Å². The maximum absolute atomic E-state index is 6.01. The smallest absolute Gasteiger partial charge is 0.241 e. The zero-order valence-corrected chi connectivity index (χ0v) is 11.1. The highest BCUT2D eigenvalue weighted by molar-refractivity contribution is 5.54. The molecule has 0 aromatic carbocycles. The number of hydrogen-bond acceptors (Lipinski definition) is 4. The third-order valence-electron chi connectivity index (χ3n) is 2.74. The topological polar surface area (TPSA) is 66.0 Å². The number of aromatic nitrogens is 3. The van der Waals surface area contributed by atoms with Crippen molar-refractivity contribution in [3.63, 3.8) is 0 Å². The lowest BCUT2D eigenvalue weighted by Crippen LogP contribution is -2.06.